The summed E-state index contributed by atoms with van der Waals surface area (Å²) in [5, 5.41) is 8.97. The van der Waals surface area contributed by atoms with Crippen molar-refractivity contribution in [2.75, 3.05) is 45.1 Å². The number of β-amino-alcohol motifs (C(OH)–C–C–N with tert-alkyl or cyclic N) is 1. The van der Waals surface area contributed by atoms with Crippen molar-refractivity contribution in [3.63, 3.8) is 0 Å². The van der Waals surface area contributed by atoms with Crippen LogP contribution in [-0.2, 0) is 0 Å². The first-order valence-electron chi connectivity index (χ1n) is 12.6. The van der Waals surface area contributed by atoms with Gasteiger partial charge in [-0.25, -0.2) is 13.8 Å². The number of piperazine rings is 1. The molecule has 3 N–H and O–H groups in total. The van der Waals surface area contributed by atoms with Gasteiger partial charge in [0.25, 0.3) is 5.91 Å². The third-order valence-electron chi connectivity index (χ3n) is 6.94. The van der Waals surface area contributed by atoms with Gasteiger partial charge in [-0.05, 0) is 24.6 Å². The number of pyridine rings is 1. The third kappa shape index (κ3) is 5.32. The third-order valence-corrected chi connectivity index (χ3v) is 7.71. The van der Waals surface area contributed by atoms with Crippen LogP contribution >= 0.6 is 23.2 Å². The second-order valence-electron chi connectivity index (χ2n) is 9.44. The molecule has 1 aliphatic heterocycles. The highest BCUT2D eigenvalue weighted by Crippen LogP contribution is 2.42. The maximum atomic E-state index is 14.1. The molecule has 1 saturated heterocycles. The van der Waals surface area contributed by atoms with Gasteiger partial charge >= 0.3 is 0 Å². The SMILES string of the molecule is C[C@@H](Oc1c(N)ncc2c(-c3cccc(C(=O)N4CCN(CCO)CC4)c3)coc12)c1c(Cl)c(F)cc(F)c1Cl. The average molecular weight is 591 g/mol. The normalized spacial score (nSPS) is 15.0. The first kappa shape index (κ1) is 28.1. The van der Waals surface area contributed by atoms with Crippen molar-refractivity contribution >= 4 is 45.9 Å². The Hall–Kier alpha value is -3.44. The minimum absolute atomic E-state index is 0.00589. The zero-order valence-corrected chi connectivity index (χ0v) is 23.0. The van der Waals surface area contributed by atoms with Crippen LogP contribution in [0.5, 0.6) is 5.75 Å². The summed E-state index contributed by atoms with van der Waals surface area (Å²) in [6.07, 6.45) is 2.02. The number of fused-ring (bicyclic) bond motifs is 1. The number of benzene rings is 2. The van der Waals surface area contributed by atoms with E-state index in [9.17, 15) is 13.6 Å². The molecule has 1 atom stereocenters. The van der Waals surface area contributed by atoms with Crippen LogP contribution in [0, 0.1) is 11.6 Å². The monoisotopic (exact) mass is 590 g/mol. The van der Waals surface area contributed by atoms with Crippen LogP contribution in [0.1, 0.15) is 28.9 Å². The van der Waals surface area contributed by atoms with Gasteiger partial charge in [0.1, 0.15) is 17.7 Å². The zero-order valence-electron chi connectivity index (χ0n) is 21.5. The fraction of sp³-hybridized carbons (Fsp3) is 0.286. The molecule has 0 unspecified atom stereocenters. The highest BCUT2D eigenvalue weighted by Gasteiger charge is 2.26. The molecule has 0 bridgehead atoms. The van der Waals surface area contributed by atoms with E-state index < -0.39 is 17.7 Å². The number of furan rings is 1. The van der Waals surface area contributed by atoms with E-state index in [4.69, 9.17) is 43.2 Å². The lowest BCUT2D eigenvalue weighted by Crippen LogP contribution is -2.49. The van der Waals surface area contributed by atoms with E-state index in [0.717, 1.165) is 0 Å². The molecule has 0 radical (unpaired) electrons. The zero-order chi connectivity index (χ0) is 28.6. The van der Waals surface area contributed by atoms with E-state index >= 15 is 0 Å². The van der Waals surface area contributed by atoms with Crippen LogP contribution in [0.25, 0.3) is 22.1 Å². The number of nitrogen functional groups attached to an aromatic ring is 1. The number of carbonyl (C=O) groups is 1. The van der Waals surface area contributed by atoms with Crippen LogP contribution in [0.15, 0.2) is 47.2 Å². The number of ether oxygens (including phenoxy) is 1. The summed E-state index contributed by atoms with van der Waals surface area (Å²) in [6, 6.07) is 7.77. The van der Waals surface area contributed by atoms with E-state index in [1.165, 1.54) is 19.4 Å². The summed E-state index contributed by atoms with van der Waals surface area (Å²) >= 11 is 12.1. The molecular formula is C28H26Cl2F2N4O4. The Morgan fingerprint density at radius 1 is 1.18 bits per heavy atom. The van der Waals surface area contributed by atoms with Gasteiger partial charge in [-0.15, -0.1) is 0 Å². The highest BCUT2D eigenvalue weighted by atomic mass is 35.5. The second kappa shape index (κ2) is 11.6. The Morgan fingerprint density at radius 2 is 1.88 bits per heavy atom. The summed E-state index contributed by atoms with van der Waals surface area (Å²) in [5.41, 5.74) is 8.16. The van der Waals surface area contributed by atoms with Gasteiger partial charge in [-0.1, -0.05) is 35.3 Å². The molecule has 2 aromatic carbocycles. The van der Waals surface area contributed by atoms with Crippen molar-refractivity contribution in [3.05, 3.63) is 75.6 Å². The molecule has 8 nitrogen and oxygen atoms in total. The molecule has 1 amide bonds. The Kier molecular flexibility index (Phi) is 8.14. The molecule has 2 aromatic heterocycles. The first-order valence-corrected chi connectivity index (χ1v) is 13.3. The quantitative estimate of drug-likeness (QED) is 0.272. The molecule has 1 fully saturated rings. The Labute approximate surface area is 238 Å². The van der Waals surface area contributed by atoms with Gasteiger partial charge in [-0.3, -0.25) is 9.69 Å². The van der Waals surface area contributed by atoms with Crippen LogP contribution in [0.2, 0.25) is 10.0 Å². The lowest BCUT2D eigenvalue weighted by Gasteiger charge is -2.34. The van der Waals surface area contributed by atoms with Gasteiger partial charge in [0.2, 0.25) is 5.75 Å². The standard InChI is InChI=1S/C28H26Cl2F2N4O4/c1-15(22-23(29)20(31)12-21(32)24(22)30)40-26-25-18(13-34-27(26)33)19(14-39-25)16-3-2-4-17(11-16)28(38)36-7-5-35(6-8-36)9-10-37/h2-4,11-15,37H,5-10H2,1H3,(H2,33,34)/t15-/m1/s1. The van der Waals surface area contributed by atoms with E-state index in [1.54, 1.807) is 23.1 Å². The smallest absolute Gasteiger partial charge is 0.253 e. The number of hydrogen-bond acceptors (Lipinski definition) is 7. The predicted molar refractivity (Wildman–Crippen MR) is 149 cm³/mol. The number of rotatable bonds is 7. The Bertz CT molecular complexity index is 1550. The largest absolute Gasteiger partial charge is 0.478 e. The van der Waals surface area contributed by atoms with Crippen LogP contribution in [0.3, 0.4) is 0 Å². The number of anilines is 1. The summed E-state index contributed by atoms with van der Waals surface area (Å²) < 4.78 is 40.0. The van der Waals surface area contributed by atoms with E-state index in [0.29, 0.717) is 60.9 Å². The minimum Gasteiger partial charge on any atom is -0.478 e. The maximum absolute atomic E-state index is 14.1. The van der Waals surface area contributed by atoms with Crippen molar-refractivity contribution in [1.29, 1.82) is 0 Å². The molecule has 210 valence electrons. The highest BCUT2D eigenvalue weighted by molar-refractivity contribution is 6.36. The summed E-state index contributed by atoms with van der Waals surface area (Å²) in [5.74, 6) is -1.98. The fourth-order valence-corrected chi connectivity index (χ4v) is 5.47. The number of nitrogens with zero attached hydrogens (tertiary/aromatic N) is 3. The molecule has 1 aliphatic rings. The van der Waals surface area contributed by atoms with Gasteiger partial charge in [0.05, 0.1) is 28.3 Å². The van der Waals surface area contributed by atoms with Crippen molar-refractivity contribution in [2.24, 2.45) is 0 Å². The average Bonchev–Trinajstić information content (AvgIpc) is 3.38. The van der Waals surface area contributed by atoms with Crippen molar-refractivity contribution in [3.8, 4) is 16.9 Å². The number of halogens is 4. The molecule has 0 saturated carbocycles. The van der Waals surface area contributed by atoms with Crippen LogP contribution < -0.4 is 10.5 Å². The van der Waals surface area contributed by atoms with Crippen molar-refractivity contribution in [2.45, 2.75) is 13.0 Å². The summed E-state index contributed by atoms with van der Waals surface area (Å²) in [7, 11) is 0. The maximum Gasteiger partial charge on any atom is 0.253 e. The summed E-state index contributed by atoms with van der Waals surface area (Å²) in [6.45, 7) is 4.74. The molecule has 40 heavy (non-hydrogen) atoms. The number of nitrogens with two attached hydrogens (primary N) is 1. The minimum atomic E-state index is -1.01. The number of aliphatic hydroxyl groups is 1. The van der Waals surface area contributed by atoms with Gasteiger partial charge in [0, 0.05) is 61.7 Å². The van der Waals surface area contributed by atoms with Crippen LogP contribution in [-0.4, -0.2) is 65.1 Å². The Morgan fingerprint density at radius 3 is 2.55 bits per heavy atom. The van der Waals surface area contributed by atoms with E-state index in [1.807, 2.05) is 6.07 Å². The number of aliphatic hydroxyl groups excluding tert-OH is 1. The topological polar surface area (TPSA) is 105 Å². The number of hydrogen-bond donors (Lipinski definition) is 2. The van der Waals surface area contributed by atoms with Gasteiger partial charge < -0.3 is 24.9 Å². The van der Waals surface area contributed by atoms with Crippen molar-refractivity contribution < 1.29 is 27.8 Å². The molecule has 0 aliphatic carbocycles. The fourth-order valence-electron chi connectivity index (χ4n) is 4.82. The van der Waals surface area contributed by atoms with E-state index in [-0.39, 0.29) is 45.3 Å². The van der Waals surface area contributed by atoms with Crippen molar-refractivity contribution in [1.82, 2.24) is 14.8 Å². The lowest BCUT2D eigenvalue weighted by atomic mass is 10.0. The Balaban J connectivity index is 1.43. The molecule has 4 aromatic rings. The first-order chi connectivity index (χ1) is 19.2. The van der Waals surface area contributed by atoms with Crippen LogP contribution in [0.4, 0.5) is 14.6 Å². The predicted octanol–water partition coefficient (Wildman–Crippen LogP) is 5.55. The molecule has 0 spiro atoms. The number of amides is 1. The number of aromatic nitrogens is 1. The molecule has 12 heteroatoms. The van der Waals surface area contributed by atoms with Gasteiger partial charge in [0.15, 0.2) is 11.4 Å². The number of carbonyl (C=O) groups excluding carboxylic acids is 1. The second-order valence-corrected chi connectivity index (χ2v) is 10.2. The van der Waals surface area contributed by atoms with E-state index in [2.05, 4.69) is 9.88 Å². The molecule has 3 heterocycles. The molecule has 5 rings (SSSR count). The lowest BCUT2D eigenvalue weighted by molar-refractivity contribution is 0.0615. The molecular weight excluding hydrogens is 565 g/mol. The van der Waals surface area contributed by atoms with Gasteiger partial charge in [-0.2, -0.15) is 0 Å². The summed E-state index contributed by atoms with van der Waals surface area (Å²) in [4.78, 5) is 21.4.